The second kappa shape index (κ2) is 16.0. The molecule has 0 unspecified atom stereocenters. The van der Waals surface area contributed by atoms with E-state index in [9.17, 15) is 23.2 Å². The van der Waals surface area contributed by atoms with Crippen LogP contribution in [0.3, 0.4) is 0 Å². The largest absolute Gasteiger partial charge is 0.497 e. The molecule has 0 saturated carbocycles. The van der Waals surface area contributed by atoms with Crippen LogP contribution >= 0.6 is 11.3 Å². The van der Waals surface area contributed by atoms with E-state index in [-0.39, 0.29) is 17.2 Å². The van der Waals surface area contributed by atoms with Crippen LogP contribution in [0, 0.1) is 17.0 Å². The van der Waals surface area contributed by atoms with Crippen LogP contribution in [0.1, 0.15) is 66.6 Å². The molecule has 3 amide bonds. The van der Waals surface area contributed by atoms with Gasteiger partial charge < -0.3 is 29.9 Å². The maximum Gasteiger partial charge on any atom is 0.258 e. The minimum absolute atomic E-state index is 0.177. The fourth-order valence-electron chi connectivity index (χ4n) is 8.39. The molecule has 3 aliphatic heterocycles. The van der Waals surface area contributed by atoms with E-state index in [1.165, 1.54) is 6.07 Å². The number of thiophene rings is 1. The van der Waals surface area contributed by atoms with Gasteiger partial charge in [-0.25, -0.2) is 8.78 Å². The second-order valence-corrected chi connectivity index (χ2v) is 15.9. The van der Waals surface area contributed by atoms with Crippen LogP contribution in [0.4, 0.5) is 25.8 Å². The number of hydrogen-bond acceptors (Lipinski definition) is 7. The fourth-order valence-corrected chi connectivity index (χ4v) is 9.40. The van der Waals surface area contributed by atoms with Gasteiger partial charge in [-0.3, -0.25) is 14.4 Å². The molecule has 1 aromatic heterocycles. The fraction of sp³-hybridized carbons (Fsp3) is 0.341. The molecule has 2 saturated heterocycles. The maximum absolute atomic E-state index is 14.3. The van der Waals surface area contributed by atoms with E-state index in [0.717, 1.165) is 91.5 Å². The molecule has 0 atom stereocenters. The number of nitrogens with zero attached hydrogens (tertiary/aromatic N) is 2. The summed E-state index contributed by atoms with van der Waals surface area (Å²) in [4.78, 5) is 46.4. The van der Waals surface area contributed by atoms with Crippen molar-refractivity contribution in [2.24, 2.45) is 5.41 Å². The third-order valence-electron chi connectivity index (χ3n) is 11.5. The first-order valence-corrected chi connectivity index (χ1v) is 20.1. The van der Waals surface area contributed by atoms with Gasteiger partial charge in [0.1, 0.15) is 23.1 Å². The van der Waals surface area contributed by atoms with Gasteiger partial charge in [0.2, 0.25) is 0 Å². The number of likely N-dealkylation sites (tertiary alicyclic amines) is 1. The van der Waals surface area contributed by atoms with Crippen molar-refractivity contribution >= 4 is 51.7 Å². The standard InChI is InChI=1S/C44H44F2N4O5S/c1-54-32-6-3-10-37(49-26-44(27-49)19-22-55-23-20-44)34(16-15-32)42(52)47-31-13-11-28(12-14-31)43(53)50-21-17-29-25-30(5-2-7-33(29)40-38(50)18-24-56-40)41(51)48-39-35(45)8-4-9-36(39)46/h4,6,8-9,11-16,18,24-25H,2-3,5,7,10,17,19-23,26-27H2,1H3,(H,47,52)(H,48,51)/b16-15?,32-6?,37-34+. The lowest BCUT2D eigenvalue weighted by Gasteiger charge is -2.54. The van der Waals surface area contributed by atoms with Gasteiger partial charge in [0, 0.05) is 60.8 Å². The number of carbonyl (C=O) groups excluding carboxylic acids is 3. The highest BCUT2D eigenvalue weighted by atomic mass is 32.1. The molecule has 0 bridgehead atoms. The minimum Gasteiger partial charge on any atom is -0.497 e. The van der Waals surface area contributed by atoms with E-state index in [4.69, 9.17) is 9.47 Å². The predicted octanol–water partition coefficient (Wildman–Crippen LogP) is 8.76. The van der Waals surface area contributed by atoms with Crippen LogP contribution in [0.5, 0.6) is 0 Å². The summed E-state index contributed by atoms with van der Waals surface area (Å²) < 4.78 is 39.8. The molecule has 9 nitrogen and oxygen atoms in total. The Bertz CT molecular complexity index is 2180. The summed E-state index contributed by atoms with van der Waals surface area (Å²) in [7, 11) is 1.63. The van der Waals surface area contributed by atoms with Crippen LogP contribution in [0.2, 0.25) is 0 Å². The molecule has 2 aromatic carbocycles. The Kier molecular flexibility index (Phi) is 10.8. The number of fused-ring (bicyclic) bond motifs is 2. The lowest BCUT2D eigenvalue weighted by molar-refractivity contribution is -0.113. The van der Waals surface area contributed by atoms with E-state index < -0.39 is 23.2 Å². The first-order valence-electron chi connectivity index (χ1n) is 19.2. The Morgan fingerprint density at radius 3 is 2.41 bits per heavy atom. The molecule has 0 radical (unpaired) electrons. The number of rotatable bonds is 7. The number of ether oxygens (including phenoxy) is 2. The molecule has 290 valence electrons. The number of carbonyl (C=O) groups is 3. The molecule has 8 rings (SSSR count). The Hall–Kier alpha value is -5.33. The first-order chi connectivity index (χ1) is 27.2. The predicted molar refractivity (Wildman–Crippen MR) is 214 cm³/mol. The van der Waals surface area contributed by atoms with E-state index in [1.807, 2.05) is 35.8 Å². The van der Waals surface area contributed by atoms with Gasteiger partial charge in [-0.2, -0.15) is 0 Å². The van der Waals surface area contributed by atoms with Crippen LogP contribution < -0.4 is 15.5 Å². The third kappa shape index (κ3) is 7.60. The number of halogens is 2. The second-order valence-electron chi connectivity index (χ2n) is 15.0. The summed E-state index contributed by atoms with van der Waals surface area (Å²) in [5, 5.41) is 7.47. The van der Waals surface area contributed by atoms with Gasteiger partial charge in [0.25, 0.3) is 17.7 Å². The summed E-state index contributed by atoms with van der Waals surface area (Å²) in [6, 6.07) is 12.4. The highest BCUT2D eigenvalue weighted by molar-refractivity contribution is 7.11. The van der Waals surface area contributed by atoms with Crippen LogP contribution in [0.25, 0.3) is 5.57 Å². The quantitative estimate of drug-likeness (QED) is 0.249. The van der Waals surface area contributed by atoms with E-state index in [1.54, 1.807) is 47.6 Å². The van der Waals surface area contributed by atoms with E-state index >= 15 is 0 Å². The monoisotopic (exact) mass is 778 g/mol. The number of methoxy groups -OCH3 is 1. The summed E-state index contributed by atoms with van der Waals surface area (Å²) in [6.07, 6.45) is 13.4. The Labute approximate surface area is 329 Å². The van der Waals surface area contributed by atoms with E-state index in [2.05, 4.69) is 15.5 Å². The van der Waals surface area contributed by atoms with Crippen molar-refractivity contribution in [1.82, 2.24) is 4.90 Å². The number of para-hydroxylation sites is 1. The molecule has 4 heterocycles. The van der Waals surface area contributed by atoms with Crippen molar-refractivity contribution in [3.8, 4) is 0 Å². The normalized spacial score (nSPS) is 20.6. The first kappa shape index (κ1) is 37.6. The van der Waals surface area contributed by atoms with Crippen molar-refractivity contribution in [3.63, 3.8) is 0 Å². The zero-order valence-corrected chi connectivity index (χ0v) is 32.1. The van der Waals surface area contributed by atoms with Crippen molar-refractivity contribution in [2.75, 3.05) is 55.5 Å². The van der Waals surface area contributed by atoms with Gasteiger partial charge in [0.05, 0.1) is 23.2 Å². The molecule has 2 N–H and O–H groups in total. The van der Waals surface area contributed by atoms with Crippen molar-refractivity contribution < 1.29 is 32.6 Å². The van der Waals surface area contributed by atoms with Crippen molar-refractivity contribution in [1.29, 1.82) is 0 Å². The smallest absolute Gasteiger partial charge is 0.258 e. The van der Waals surface area contributed by atoms with Gasteiger partial charge in [-0.15, -0.1) is 11.3 Å². The summed E-state index contributed by atoms with van der Waals surface area (Å²) >= 11 is 1.55. The molecular weight excluding hydrogens is 735 g/mol. The number of hydrogen-bond donors (Lipinski definition) is 2. The Balaban J connectivity index is 0.976. The van der Waals surface area contributed by atoms with Crippen molar-refractivity contribution in [2.45, 2.75) is 51.4 Å². The maximum atomic E-state index is 14.3. The molecule has 12 heteroatoms. The summed E-state index contributed by atoms with van der Waals surface area (Å²) in [6.45, 7) is 3.77. The SMILES string of the molecule is COC1=CCC/C(N2CC3(CCOCC3)C2)=C(\C(=O)Nc2ccc(C(=O)N3CCC4=C(CCCC(C(=O)Nc5c(F)cccc5F)=C4)c4sccc43)cc2)C=C1. The number of anilines is 3. The third-order valence-corrected chi connectivity index (χ3v) is 12.4. The van der Waals surface area contributed by atoms with Crippen LogP contribution in [-0.4, -0.2) is 62.6 Å². The number of benzene rings is 2. The van der Waals surface area contributed by atoms with Gasteiger partial charge in [-0.1, -0.05) is 6.07 Å². The molecular formula is C44H44F2N4O5S. The van der Waals surface area contributed by atoms with E-state index in [0.29, 0.717) is 60.4 Å². The lowest BCUT2D eigenvalue weighted by atomic mass is 9.72. The molecule has 3 aromatic rings. The highest BCUT2D eigenvalue weighted by Crippen LogP contribution is 2.45. The molecule has 1 spiro atoms. The summed E-state index contributed by atoms with van der Waals surface area (Å²) in [5.41, 5.74) is 5.73. The lowest BCUT2D eigenvalue weighted by Crippen LogP contribution is -2.58. The number of amides is 3. The molecule has 2 aliphatic carbocycles. The Morgan fingerprint density at radius 2 is 1.66 bits per heavy atom. The topological polar surface area (TPSA) is 100 Å². The zero-order chi connectivity index (χ0) is 38.8. The Morgan fingerprint density at radius 1 is 0.893 bits per heavy atom. The van der Waals surface area contributed by atoms with Crippen LogP contribution in [-0.2, 0) is 19.1 Å². The number of allylic oxidation sites excluding steroid dienone is 5. The van der Waals surface area contributed by atoms with Gasteiger partial charge >= 0.3 is 0 Å². The summed E-state index contributed by atoms with van der Waals surface area (Å²) in [5.74, 6) is -1.89. The minimum atomic E-state index is -0.835. The highest BCUT2D eigenvalue weighted by Gasteiger charge is 2.45. The van der Waals surface area contributed by atoms with Crippen LogP contribution in [0.15, 0.2) is 106 Å². The van der Waals surface area contributed by atoms with Gasteiger partial charge in [-0.05, 0) is 135 Å². The number of nitrogens with one attached hydrogen (secondary N) is 2. The van der Waals surface area contributed by atoms with Crippen molar-refractivity contribution in [3.05, 3.63) is 128 Å². The molecule has 2 fully saturated rings. The molecule has 56 heavy (non-hydrogen) atoms. The average Bonchev–Trinajstić information content (AvgIpc) is 3.48. The molecule has 5 aliphatic rings. The average molecular weight is 779 g/mol. The zero-order valence-electron chi connectivity index (χ0n) is 31.3. The van der Waals surface area contributed by atoms with Gasteiger partial charge in [0.15, 0.2) is 0 Å².